The van der Waals surface area contributed by atoms with Gasteiger partial charge in [0.25, 0.3) is 0 Å². The zero-order valence-corrected chi connectivity index (χ0v) is 13.6. The quantitative estimate of drug-likeness (QED) is 0.691. The van der Waals surface area contributed by atoms with E-state index in [9.17, 15) is 13.2 Å². The molecule has 0 saturated heterocycles. The lowest BCUT2D eigenvalue weighted by Gasteiger charge is -2.16. The van der Waals surface area contributed by atoms with E-state index in [1.807, 2.05) is 6.92 Å². The van der Waals surface area contributed by atoms with Crippen molar-refractivity contribution in [1.82, 2.24) is 10.6 Å². The van der Waals surface area contributed by atoms with Crippen LogP contribution in [-0.4, -0.2) is 32.8 Å². The number of hydrogen-bond acceptors (Lipinski definition) is 3. The highest BCUT2D eigenvalue weighted by molar-refractivity contribution is 9.10. The number of hydrogen-bond donors (Lipinski definition) is 2. The number of benzene rings is 1. The monoisotopic (exact) mass is 368 g/mol. The first kappa shape index (κ1) is 18.4. The standard InChI is InChI=1S/C14H20BrF3N2O/c1-10(8-19-5-6-21-2)20-9-11-3-4-13(15)12(7-11)14(16,17)18/h3-4,7,10,19-20H,5-6,8-9H2,1-2H3. The Balaban J connectivity index is 2.48. The zero-order valence-electron chi connectivity index (χ0n) is 12.1. The van der Waals surface area contributed by atoms with Crippen molar-refractivity contribution in [2.75, 3.05) is 26.8 Å². The van der Waals surface area contributed by atoms with E-state index >= 15 is 0 Å². The minimum Gasteiger partial charge on any atom is -0.383 e. The third kappa shape index (κ3) is 6.78. The van der Waals surface area contributed by atoms with E-state index in [0.29, 0.717) is 18.7 Å². The Kier molecular flexibility index (Phi) is 7.65. The average Bonchev–Trinajstić information content (AvgIpc) is 2.41. The van der Waals surface area contributed by atoms with Crippen molar-refractivity contribution in [3.63, 3.8) is 0 Å². The summed E-state index contributed by atoms with van der Waals surface area (Å²) in [7, 11) is 1.63. The lowest BCUT2D eigenvalue weighted by Crippen LogP contribution is -2.37. The molecule has 0 spiro atoms. The fraction of sp³-hybridized carbons (Fsp3) is 0.571. The van der Waals surface area contributed by atoms with E-state index in [2.05, 4.69) is 26.6 Å². The van der Waals surface area contributed by atoms with Crippen molar-refractivity contribution in [1.29, 1.82) is 0 Å². The lowest BCUT2D eigenvalue weighted by atomic mass is 10.1. The Hall–Kier alpha value is -0.630. The summed E-state index contributed by atoms with van der Waals surface area (Å²) >= 11 is 2.93. The van der Waals surface area contributed by atoms with Crippen LogP contribution in [0.3, 0.4) is 0 Å². The normalized spacial score (nSPS) is 13.4. The molecule has 1 atom stereocenters. The summed E-state index contributed by atoms with van der Waals surface area (Å²) in [4.78, 5) is 0. The van der Waals surface area contributed by atoms with Crippen molar-refractivity contribution >= 4 is 15.9 Å². The van der Waals surface area contributed by atoms with E-state index < -0.39 is 11.7 Å². The predicted octanol–water partition coefficient (Wildman–Crippen LogP) is 3.18. The van der Waals surface area contributed by atoms with Crippen molar-refractivity contribution in [2.24, 2.45) is 0 Å². The Bertz CT molecular complexity index is 441. The number of ether oxygens (including phenoxy) is 1. The largest absolute Gasteiger partial charge is 0.417 e. The summed E-state index contributed by atoms with van der Waals surface area (Å²) in [5, 5.41) is 6.38. The number of rotatable bonds is 8. The number of halogens is 4. The van der Waals surface area contributed by atoms with Gasteiger partial charge in [-0.3, -0.25) is 0 Å². The van der Waals surface area contributed by atoms with Crippen LogP contribution in [0.5, 0.6) is 0 Å². The van der Waals surface area contributed by atoms with E-state index in [-0.39, 0.29) is 10.5 Å². The van der Waals surface area contributed by atoms with Gasteiger partial charge in [0.1, 0.15) is 0 Å². The van der Waals surface area contributed by atoms with Gasteiger partial charge < -0.3 is 15.4 Å². The molecule has 3 nitrogen and oxygen atoms in total. The lowest BCUT2D eigenvalue weighted by molar-refractivity contribution is -0.138. The van der Waals surface area contributed by atoms with Crippen molar-refractivity contribution in [3.8, 4) is 0 Å². The predicted molar refractivity (Wildman–Crippen MR) is 80.2 cm³/mol. The molecule has 0 aliphatic carbocycles. The summed E-state index contributed by atoms with van der Waals surface area (Å²) in [6.07, 6.45) is -4.35. The summed E-state index contributed by atoms with van der Waals surface area (Å²) in [6.45, 7) is 4.48. The minimum absolute atomic E-state index is 0.0630. The summed E-state index contributed by atoms with van der Waals surface area (Å²) in [5.74, 6) is 0. The van der Waals surface area contributed by atoms with E-state index in [0.717, 1.165) is 13.1 Å². The highest BCUT2D eigenvalue weighted by atomic mass is 79.9. The topological polar surface area (TPSA) is 33.3 Å². The molecule has 2 N–H and O–H groups in total. The molecule has 0 heterocycles. The van der Waals surface area contributed by atoms with Gasteiger partial charge in [0, 0.05) is 37.3 Å². The van der Waals surface area contributed by atoms with Gasteiger partial charge in [-0.2, -0.15) is 13.2 Å². The van der Waals surface area contributed by atoms with Crippen LogP contribution in [0.1, 0.15) is 18.1 Å². The van der Waals surface area contributed by atoms with Crippen LogP contribution >= 0.6 is 15.9 Å². The third-order valence-corrected chi connectivity index (χ3v) is 3.62. The molecule has 0 saturated carbocycles. The van der Waals surface area contributed by atoms with Gasteiger partial charge in [-0.15, -0.1) is 0 Å². The summed E-state index contributed by atoms with van der Waals surface area (Å²) < 4.78 is 43.4. The third-order valence-electron chi connectivity index (χ3n) is 2.92. The Morgan fingerprint density at radius 3 is 2.67 bits per heavy atom. The zero-order chi connectivity index (χ0) is 15.9. The molecule has 1 unspecified atom stereocenters. The summed E-state index contributed by atoms with van der Waals surface area (Å²) in [6, 6.07) is 4.43. The molecule has 1 rings (SSSR count). The molecular formula is C14H20BrF3N2O. The second kappa shape index (κ2) is 8.73. The van der Waals surface area contributed by atoms with E-state index in [1.54, 1.807) is 13.2 Å². The molecule has 0 radical (unpaired) electrons. The van der Waals surface area contributed by atoms with Crippen LogP contribution < -0.4 is 10.6 Å². The number of nitrogens with one attached hydrogen (secondary N) is 2. The van der Waals surface area contributed by atoms with Gasteiger partial charge in [0.15, 0.2) is 0 Å². The van der Waals surface area contributed by atoms with E-state index in [4.69, 9.17) is 4.74 Å². The fourth-order valence-corrected chi connectivity index (χ4v) is 2.23. The molecule has 0 bridgehead atoms. The maximum Gasteiger partial charge on any atom is 0.417 e. The molecule has 120 valence electrons. The first-order valence-electron chi connectivity index (χ1n) is 6.63. The van der Waals surface area contributed by atoms with Gasteiger partial charge in [0.2, 0.25) is 0 Å². The summed E-state index contributed by atoms with van der Waals surface area (Å²) in [5.41, 5.74) is -0.0399. The molecule has 0 amide bonds. The highest BCUT2D eigenvalue weighted by Crippen LogP contribution is 2.35. The van der Waals surface area contributed by atoms with Crippen LogP contribution in [0, 0.1) is 0 Å². The number of alkyl halides is 3. The van der Waals surface area contributed by atoms with Gasteiger partial charge in [0.05, 0.1) is 12.2 Å². The maximum absolute atomic E-state index is 12.8. The molecule has 0 aliphatic rings. The van der Waals surface area contributed by atoms with Gasteiger partial charge >= 0.3 is 6.18 Å². The average molecular weight is 369 g/mol. The van der Waals surface area contributed by atoms with Crippen LogP contribution in [0.2, 0.25) is 0 Å². The second-order valence-corrected chi connectivity index (χ2v) is 5.65. The van der Waals surface area contributed by atoms with Gasteiger partial charge in [-0.1, -0.05) is 22.0 Å². The van der Waals surface area contributed by atoms with Gasteiger partial charge in [-0.05, 0) is 24.6 Å². The van der Waals surface area contributed by atoms with E-state index in [1.165, 1.54) is 12.1 Å². The minimum atomic E-state index is -4.35. The van der Waals surface area contributed by atoms with Crippen molar-refractivity contribution < 1.29 is 17.9 Å². The Labute approximate surface area is 131 Å². The van der Waals surface area contributed by atoms with Crippen LogP contribution in [-0.2, 0) is 17.5 Å². The first-order valence-corrected chi connectivity index (χ1v) is 7.42. The van der Waals surface area contributed by atoms with Gasteiger partial charge in [-0.25, -0.2) is 0 Å². The Morgan fingerprint density at radius 1 is 1.33 bits per heavy atom. The van der Waals surface area contributed by atoms with Crippen LogP contribution in [0.25, 0.3) is 0 Å². The molecule has 7 heteroatoms. The van der Waals surface area contributed by atoms with Crippen LogP contribution in [0.4, 0.5) is 13.2 Å². The molecule has 0 aliphatic heterocycles. The molecule has 21 heavy (non-hydrogen) atoms. The maximum atomic E-state index is 12.8. The fourth-order valence-electron chi connectivity index (χ4n) is 1.76. The van der Waals surface area contributed by atoms with Crippen molar-refractivity contribution in [3.05, 3.63) is 33.8 Å². The first-order chi connectivity index (χ1) is 9.84. The molecule has 1 aromatic rings. The Morgan fingerprint density at radius 2 is 2.05 bits per heavy atom. The number of methoxy groups -OCH3 is 1. The SMILES string of the molecule is COCCNCC(C)NCc1ccc(Br)c(C(F)(F)F)c1. The molecular weight excluding hydrogens is 349 g/mol. The highest BCUT2D eigenvalue weighted by Gasteiger charge is 2.33. The van der Waals surface area contributed by atoms with Crippen molar-refractivity contribution in [2.45, 2.75) is 25.7 Å². The second-order valence-electron chi connectivity index (χ2n) is 4.79. The van der Waals surface area contributed by atoms with Crippen LogP contribution in [0.15, 0.2) is 22.7 Å². The smallest absolute Gasteiger partial charge is 0.383 e. The molecule has 0 aromatic heterocycles. The molecule has 0 fully saturated rings. The molecule has 1 aromatic carbocycles.